The molecule has 3 aromatic rings. The Balaban J connectivity index is 1.41. The van der Waals surface area contributed by atoms with E-state index in [9.17, 15) is 17.6 Å². The van der Waals surface area contributed by atoms with Crippen LogP contribution in [0.4, 0.5) is 17.6 Å². The summed E-state index contributed by atoms with van der Waals surface area (Å²) in [5, 5.41) is 0. The number of rotatable bonds is 8. The lowest BCUT2D eigenvalue weighted by atomic mass is 9.97. The van der Waals surface area contributed by atoms with E-state index < -0.39 is 60.3 Å². The van der Waals surface area contributed by atoms with Crippen LogP contribution in [0.1, 0.15) is 23.0 Å². The number of hydrogen-bond donors (Lipinski definition) is 0. The maximum atomic E-state index is 14.4. The average molecular weight is 535 g/mol. The van der Waals surface area contributed by atoms with Crippen LogP contribution in [0, 0.1) is 23.3 Å². The number of methoxy groups -OCH3 is 1. The quantitative estimate of drug-likeness (QED) is 0.371. The fourth-order valence-electron chi connectivity index (χ4n) is 4.53. The predicted molar refractivity (Wildman–Crippen MR) is 126 cm³/mol. The Hall–Kier alpha value is -2.86. The predicted octanol–water partition coefficient (Wildman–Crippen LogP) is 5.20. The number of halogens is 4. The van der Waals surface area contributed by atoms with Crippen LogP contribution >= 0.6 is 0 Å². The summed E-state index contributed by atoms with van der Waals surface area (Å²) >= 11 is 0. The van der Waals surface area contributed by atoms with Gasteiger partial charge in [0, 0.05) is 35.9 Å². The van der Waals surface area contributed by atoms with Crippen molar-refractivity contribution in [3.8, 4) is 0 Å². The molecule has 2 aliphatic rings. The molecule has 0 spiro atoms. The molecule has 3 aromatic carbocycles. The molecule has 0 aliphatic carbocycles. The lowest BCUT2D eigenvalue weighted by Gasteiger charge is -2.48. The van der Waals surface area contributed by atoms with Gasteiger partial charge >= 0.3 is 0 Å². The van der Waals surface area contributed by atoms with Crippen LogP contribution in [0.15, 0.2) is 66.7 Å². The highest BCUT2D eigenvalue weighted by Crippen LogP contribution is 2.37. The Morgan fingerprint density at radius 1 is 0.763 bits per heavy atom. The molecule has 2 heterocycles. The molecule has 38 heavy (non-hydrogen) atoms. The van der Waals surface area contributed by atoms with Crippen LogP contribution in [-0.4, -0.2) is 44.4 Å². The van der Waals surface area contributed by atoms with Crippen molar-refractivity contribution in [2.45, 2.75) is 50.2 Å². The van der Waals surface area contributed by atoms with Gasteiger partial charge in [-0.15, -0.1) is 0 Å². The van der Waals surface area contributed by atoms with Crippen LogP contribution in [0.25, 0.3) is 0 Å². The lowest BCUT2D eigenvalue weighted by Crippen LogP contribution is -2.63. The standard InChI is InChI=1S/C28H26F4O6/c1-33-28-26(35-14-18-8-10-20(30)12-22(18)32)25(34-13-17-7-9-19(29)11-21(17)31)24-23(37-28)15-36-27(38-24)16-5-3-2-4-6-16/h2-12,23-28H,13-15H2,1H3/t23-,24-,25+,26-,27?,28+/m1/s1. The smallest absolute Gasteiger partial charge is 0.186 e. The summed E-state index contributed by atoms with van der Waals surface area (Å²) in [5.74, 6) is -2.96. The summed E-state index contributed by atoms with van der Waals surface area (Å²) in [6, 6.07) is 15.6. The first-order valence-electron chi connectivity index (χ1n) is 12.0. The second kappa shape index (κ2) is 11.9. The van der Waals surface area contributed by atoms with Crippen LogP contribution in [0.3, 0.4) is 0 Å². The molecule has 0 N–H and O–H groups in total. The number of ether oxygens (including phenoxy) is 6. The van der Waals surface area contributed by atoms with Crippen LogP contribution in [0.5, 0.6) is 0 Å². The SMILES string of the molecule is CO[C@H]1O[C@@H]2COC(c3ccccc3)O[C@H]2[C@H](OCc2ccc(F)cc2F)[C@H]1OCc1ccc(F)cc1F. The third-order valence-corrected chi connectivity index (χ3v) is 6.48. The van der Waals surface area contributed by atoms with Crippen LogP contribution < -0.4 is 0 Å². The zero-order valence-electron chi connectivity index (χ0n) is 20.4. The van der Waals surface area contributed by atoms with E-state index >= 15 is 0 Å². The van der Waals surface area contributed by atoms with E-state index in [1.807, 2.05) is 30.3 Å². The van der Waals surface area contributed by atoms with Gasteiger partial charge in [-0.3, -0.25) is 0 Å². The molecule has 5 rings (SSSR count). The van der Waals surface area contributed by atoms with E-state index in [4.69, 9.17) is 28.4 Å². The van der Waals surface area contributed by atoms with Crippen molar-refractivity contribution in [3.63, 3.8) is 0 Å². The monoisotopic (exact) mass is 534 g/mol. The van der Waals surface area contributed by atoms with Crippen molar-refractivity contribution in [1.29, 1.82) is 0 Å². The maximum absolute atomic E-state index is 14.4. The molecule has 0 amide bonds. The molecule has 202 valence electrons. The van der Waals surface area contributed by atoms with Crippen molar-refractivity contribution in [1.82, 2.24) is 0 Å². The third-order valence-electron chi connectivity index (χ3n) is 6.48. The molecule has 2 fully saturated rings. The Kier molecular flexibility index (Phi) is 8.37. The maximum Gasteiger partial charge on any atom is 0.186 e. The summed E-state index contributed by atoms with van der Waals surface area (Å²) in [5.41, 5.74) is 1.01. The minimum absolute atomic E-state index is 0.113. The molecule has 0 radical (unpaired) electrons. The molecule has 2 aliphatic heterocycles. The molecule has 6 nitrogen and oxygen atoms in total. The highest BCUT2D eigenvalue weighted by atomic mass is 19.1. The van der Waals surface area contributed by atoms with Crippen LogP contribution in [0.2, 0.25) is 0 Å². The van der Waals surface area contributed by atoms with E-state index in [2.05, 4.69) is 0 Å². The van der Waals surface area contributed by atoms with Crippen molar-refractivity contribution >= 4 is 0 Å². The minimum Gasteiger partial charge on any atom is -0.368 e. The fourth-order valence-corrected chi connectivity index (χ4v) is 4.53. The molecule has 6 atom stereocenters. The molecule has 1 unspecified atom stereocenters. The number of benzene rings is 3. The highest BCUT2D eigenvalue weighted by Gasteiger charge is 2.51. The van der Waals surface area contributed by atoms with Gasteiger partial charge in [-0.05, 0) is 12.1 Å². The minimum atomic E-state index is -0.969. The zero-order valence-corrected chi connectivity index (χ0v) is 20.4. The Bertz CT molecular complexity index is 1230. The first-order valence-corrected chi connectivity index (χ1v) is 12.0. The summed E-state index contributed by atoms with van der Waals surface area (Å²) < 4.78 is 91.3. The van der Waals surface area contributed by atoms with Crippen molar-refractivity contribution in [2.75, 3.05) is 13.7 Å². The largest absolute Gasteiger partial charge is 0.368 e. The van der Waals surface area contributed by atoms with Crippen LogP contribution in [-0.2, 0) is 41.6 Å². The summed E-state index contributed by atoms with van der Waals surface area (Å²) in [6.07, 6.45) is -4.91. The number of hydrogen-bond acceptors (Lipinski definition) is 6. The molecule has 2 saturated heterocycles. The van der Waals surface area contributed by atoms with Gasteiger partial charge in [0.2, 0.25) is 0 Å². The fraction of sp³-hybridized carbons (Fsp3) is 0.357. The van der Waals surface area contributed by atoms with Gasteiger partial charge in [0.15, 0.2) is 12.6 Å². The Labute approximate surface area is 217 Å². The van der Waals surface area contributed by atoms with Gasteiger partial charge in [-0.25, -0.2) is 17.6 Å². The Morgan fingerprint density at radius 2 is 1.37 bits per heavy atom. The molecule has 0 saturated carbocycles. The van der Waals surface area contributed by atoms with E-state index in [1.165, 1.54) is 19.2 Å². The van der Waals surface area contributed by atoms with Gasteiger partial charge in [0.1, 0.15) is 47.7 Å². The van der Waals surface area contributed by atoms with Crippen molar-refractivity contribution in [3.05, 3.63) is 107 Å². The Morgan fingerprint density at radius 3 is 1.95 bits per heavy atom. The topological polar surface area (TPSA) is 55.4 Å². The highest BCUT2D eigenvalue weighted by molar-refractivity contribution is 5.19. The first-order chi connectivity index (χ1) is 18.4. The van der Waals surface area contributed by atoms with Crippen molar-refractivity contribution in [2.24, 2.45) is 0 Å². The second-order valence-electron chi connectivity index (χ2n) is 8.98. The van der Waals surface area contributed by atoms with Gasteiger partial charge in [0.25, 0.3) is 0 Å². The van der Waals surface area contributed by atoms with E-state index in [1.54, 1.807) is 0 Å². The normalized spacial score (nSPS) is 27.2. The van der Waals surface area contributed by atoms with E-state index in [0.717, 1.165) is 29.8 Å². The summed E-state index contributed by atoms with van der Waals surface area (Å²) in [4.78, 5) is 0. The van der Waals surface area contributed by atoms with Gasteiger partial charge < -0.3 is 28.4 Å². The third kappa shape index (κ3) is 5.90. The molecule has 0 bridgehead atoms. The summed E-state index contributed by atoms with van der Waals surface area (Å²) in [7, 11) is 1.41. The molecule has 10 heteroatoms. The van der Waals surface area contributed by atoms with Gasteiger partial charge in [-0.2, -0.15) is 0 Å². The molecular weight excluding hydrogens is 508 g/mol. The van der Waals surface area contributed by atoms with E-state index in [-0.39, 0.29) is 30.9 Å². The molecule has 0 aromatic heterocycles. The zero-order chi connectivity index (χ0) is 26.6. The second-order valence-corrected chi connectivity index (χ2v) is 8.98. The average Bonchev–Trinajstić information content (AvgIpc) is 2.92. The summed E-state index contributed by atoms with van der Waals surface area (Å²) in [6.45, 7) is -0.337. The van der Waals surface area contributed by atoms with Gasteiger partial charge in [0.05, 0.1) is 19.8 Å². The lowest BCUT2D eigenvalue weighted by molar-refractivity contribution is -0.369. The van der Waals surface area contributed by atoms with E-state index in [0.29, 0.717) is 0 Å². The van der Waals surface area contributed by atoms with Gasteiger partial charge in [-0.1, -0.05) is 42.5 Å². The first kappa shape index (κ1) is 26.7. The molecular formula is C28H26F4O6. The van der Waals surface area contributed by atoms with Crippen molar-refractivity contribution < 1.29 is 46.0 Å². The number of fused-ring (bicyclic) bond motifs is 1.